The Balaban J connectivity index is 1.74. The van der Waals surface area contributed by atoms with E-state index in [0.29, 0.717) is 24.3 Å². The van der Waals surface area contributed by atoms with Gasteiger partial charge in [0.15, 0.2) is 9.84 Å². The predicted octanol–water partition coefficient (Wildman–Crippen LogP) is 2.32. The van der Waals surface area contributed by atoms with Crippen molar-refractivity contribution < 1.29 is 17.9 Å². The summed E-state index contributed by atoms with van der Waals surface area (Å²) in [5, 5.41) is 2.95. The van der Waals surface area contributed by atoms with Crippen LogP contribution < -0.4 is 10.2 Å². The molecule has 2 aromatic rings. The lowest BCUT2D eigenvalue weighted by molar-refractivity contribution is 0.102. The number of nitrogens with one attached hydrogen (secondary N) is 1. The summed E-state index contributed by atoms with van der Waals surface area (Å²) in [7, 11) is -3.09. The normalized spacial score (nSPS) is 14.9. The van der Waals surface area contributed by atoms with Gasteiger partial charge in [0.05, 0.1) is 30.3 Å². The fraction of sp³-hybridized carbons (Fsp3) is 0.316. The van der Waals surface area contributed by atoms with Gasteiger partial charge in [0, 0.05) is 24.9 Å². The topological polar surface area (TPSA) is 75.7 Å². The predicted molar refractivity (Wildman–Crippen MR) is 102 cm³/mol. The fourth-order valence-corrected chi connectivity index (χ4v) is 3.71. The van der Waals surface area contributed by atoms with E-state index in [4.69, 9.17) is 4.74 Å². The summed E-state index contributed by atoms with van der Waals surface area (Å²) in [4.78, 5) is 14.8. The molecule has 2 aromatic carbocycles. The third-order valence-electron chi connectivity index (χ3n) is 4.15. The third kappa shape index (κ3) is 4.83. The van der Waals surface area contributed by atoms with Crippen molar-refractivity contribution in [1.29, 1.82) is 0 Å². The first kappa shape index (κ1) is 18.4. The minimum atomic E-state index is -3.09. The summed E-state index contributed by atoms with van der Waals surface area (Å²) in [5.41, 5.74) is 2.87. The zero-order chi connectivity index (χ0) is 18.6. The molecule has 1 amide bonds. The van der Waals surface area contributed by atoms with Crippen molar-refractivity contribution in [3.8, 4) is 0 Å². The van der Waals surface area contributed by atoms with Gasteiger partial charge in [-0.25, -0.2) is 8.42 Å². The average molecular weight is 374 g/mol. The summed E-state index contributed by atoms with van der Waals surface area (Å²) in [6.07, 6.45) is 1.19. The SMILES string of the molecule is CS(=O)(=O)Cc1ccc(C(=O)Nc2ccccc2N2CCOCC2)cc1. The van der Waals surface area contributed by atoms with Gasteiger partial charge in [-0.05, 0) is 29.8 Å². The summed E-state index contributed by atoms with van der Waals surface area (Å²) < 4.78 is 28.1. The first-order valence-electron chi connectivity index (χ1n) is 8.42. The highest BCUT2D eigenvalue weighted by Crippen LogP contribution is 2.26. The Morgan fingerprint density at radius 3 is 2.38 bits per heavy atom. The zero-order valence-electron chi connectivity index (χ0n) is 14.6. The molecular weight excluding hydrogens is 352 g/mol. The van der Waals surface area contributed by atoms with Crippen molar-refractivity contribution >= 4 is 27.1 Å². The molecule has 1 heterocycles. The molecule has 26 heavy (non-hydrogen) atoms. The molecule has 0 bridgehead atoms. The van der Waals surface area contributed by atoms with E-state index in [1.54, 1.807) is 24.3 Å². The van der Waals surface area contributed by atoms with E-state index in [2.05, 4.69) is 10.2 Å². The van der Waals surface area contributed by atoms with Crippen molar-refractivity contribution in [2.75, 3.05) is 42.8 Å². The van der Waals surface area contributed by atoms with E-state index in [0.717, 1.165) is 24.5 Å². The average Bonchev–Trinajstić information content (AvgIpc) is 2.62. The Morgan fingerprint density at radius 1 is 1.08 bits per heavy atom. The van der Waals surface area contributed by atoms with Crippen LogP contribution in [0.2, 0.25) is 0 Å². The molecule has 1 aliphatic rings. The summed E-state index contributed by atoms with van der Waals surface area (Å²) in [6.45, 7) is 2.91. The molecule has 0 spiro atoms. The van der Waals surface area contributed by atoms with Gasteiger partial charge in [0.1, 0.15) is 0 Å². The van der Waals surface area contributed by atoms with Crippen LogP contribution in [0.5, 0.6) is 0 Å². The number of carbonyl (C=O) groups excluding carboxylic acids is 1. The number of anilines is 2. The van der Waals surface area contributed by atoms with Crippen molar-refractivity contribution in [3.05, 3.63) is 59.7 Å². The lowest BCUT2D eigenvalue weighted by Crippen LogP contribution is -2.36. The number of morpholine rings is 1. The first-order chi connectivity index (χ1) is 12.4. The van der Waals surface area contributed by atoms with Crippen LogP contribution in [0.25, 0.3) is 0 Å². The Kier molecular flexibility index (Phi) is 5.58. The van der Waals surface area contributed by atoms with Crippen LogP contribution in [0, 0.1) is 0 Å². The van der Waals surface area contributed by atoms with Gasteiger partial charge >= 0.3 is 0 Å². The van der Waals surface area contributed by atoms with E-state index in [9.17, 15) is 13.2 Å². The number of hydrogen-bond donors (Lipinski definition) is 1. The first-order valence-corrected chi connectivity index (χ1v) is 10.5. The van der Waals surface area contributed by atoms with E-state index in [1.165, 1.54) is 6.26 Å². The Labute approximate surface area is 153 Å². The second-order valence-corrected chi connectivity index (χ2v) is 8.48. The second-order valence-electron chi connectivity index (χ2n) is 6.34. The lowest BCUT2D eigenvalue weighted by Gasteiger charge is -2.30. The number of nitrogens with zero attached hydrogens (tertiary/aromatic N) is 1. The van der Waals surface area contributed by atoms with Crippen LogP contribution in [0.15, 0.2) is 48.5 Å². The van der Waals surface area contributed by atoms with Gasteiger partial charge in [-0.15, -0.1) is 0 Å². The molecule has 0 atom stereocenters. The van der Waals surface area contributed by atoms with E-state index in [-0.39, 0.29) is 11.7 Å². The standard InChI is InChI=1S/C19H22N2O4S/c1-26(23,24)14-15-6-8-16(9-7-15)19(22)20-17-4-2-3-5-18(17)21-10-12-25-13-11-21/h2-9H,10-14H2,1H3,(H,20,22). The number of carbonyl (C=O) groups is 1. The Morgan fingerprint density at radius 2 is 1.73 bits per heavy atom. The summed E-state index contributed by atoms with van der Waals surface area (Å²) >= 11 is 0. The van der Waals surface area contributed by atoms with E-state index < -0.39 is 9.84 Å². The van der Waals surface area contributed by atoms with Crippen LogP contribution >= 0.6 is 0 Å². The molecule has 0 radical (unpaired) electrons. The highest BCUT2D eigenvalue weighted by molar-refractivity contribution is 7.89. The number of sulfone groups is 1. The van der Waals surface area contributed by atoms with E-state index >= 15 is 0 Å². The molecule has 6 nitrogen and oxygen atoms in total. The quantitative estimate of drug-likeness (QED) is 0.869. The number of benzene rings is 2. The minimum Gasteiger partial charge on any atom is -0.378 e. The molecule has 0 unspecified atom stereocenters. The van der Waals surface area contributed by atoms with Gasteiger partial charge in [-0.1, -0.05) is 24.3 Å². The van der Waals surface area contributed by atoms with Gasteiger partial charge in [-0.3, -0.25) is 4.79 Å². The fourth-order valence-electron chi connectivity index (χ4n) is 2.91. The number of hydrogen-bond acceptors (Lipinski definition) is 5. The van der Waals surface area contributed by atoms with Gasteiger partial charge < -0.3 is 15.0 Å². The third-order valence-corrected chi connectivity index (χ3v) is 5.01. The molecule has 1 aliphatic heterocycles. The maximum Gasteiger partial charge on any atom is 0.255 e. The number of rotatable bonds is 5. The van der Waals surface area contributed by atoms with Crippen LogP contribution in [-0.2, 0) is 20.3 Å². The van der Waals surface area contributed by atoms with Crippen molar-refractivity contribution in [2.45, 2.75) is 5.75 Å². The van der Waals surface area contributed by atoms with Crippen molar-refractivity contribution in [3.63, 3.8) is 0 Å². The molecule has 0 aliphatic carbocycles. The maximum absolute atomic E-state index is 12.6. The van der Waals surface area contributed by atoms with Crippen LogP contribution in [0.4, 0.5) is 11.4 Å². The smallest absolute Gasteiger partial charge is 0.255 e. The Bertz CT molecular complexity index is 873. The second kappa shape index (κ2) is 7.88. The molecule has 7 heteroatoms. The highest BCUT2D eigenvalue weighted by Gasteiger charge is 2.16. The maximum atomic E-state index is 12.6. The highest BCUT2D eigenvalue weighted by atomic mass is 32.2. The molecule has 3 rings (SSSR count). The number of ether oxygens (including phenoxy) is 1. The Hall–Kier alpha value is -2.38. The molecule has 1 fully saturated rings. The summed E-state index contributed by atoms with van der Waals surface area (Å²) in [6, 6.07) is 14.3. The molecule has 0 aromatic heterocycles. The van der Waals surface area contributed by atoms with Crippen LogP contribution in [0.1, 0.15) is 15.9 Å². The van der Waals surface area contributed by atoms with Gasteiger partial charge in [0.25, 0.3) is 5.91 Å². The number of para-hydroxylation sites is 2. The van der Waals surface area contributed by atoms with Crippen LogP contribution in [-0.4, -0.2) is 46.9 Å². The summed E-state index contributed by atoms with van der Waals surface area (Å²) in [5.74, 6) is -0.258. The molecule has 1 N–H and O–H groups in total. The van der Waals surface area contributed by atoms with Gasteiger partial charge in [-0.2, -0.15) is 0 Å². The monoisotopic (exact) mass is 374 g/mol. The van der Waals surface area contributed by atoms with Crippen molar-refractivity contribution in [1.82, 2.24) is 0 Å². The zero-order valence-corrected chi connectivity index (χ0v) is 15.5. The van der Waals surface area contributed by atoms with E-state index in [1.807, 2.05) is 24.3 Å². The lowest BCUT2D eigenvalue weighted by atomic mass is 10.1. The molecular formula is C19H22N2O4S. The molecule has 0 saturated carbocycles. The van der Waals surface area contributed by atoms with Crippen LogP contribution in [0.3, 0.4) is 0 Å². The van der Waals surface area contributed by atoms with Gasteiger partial charge in [0.2, 0.25) is 0 Å². The molecule has 1 saturated heterocycles. The van der Waals surface area contributed by atoms with Crippen molar-refractivity contribution in [2.24, 2.45) is 0 Å². The molecule has 138 valence electrons. The minimum absolute atomic E-state index is 0.0330. The number of amides is 1. The largest absolute Gasteiger partial charge is 0.378 e.